The quantitative estimate of drug-likeness (QED) is 0.276. The highest BCUT2D eigenvalue weighted by Gasteiger charge is 2.21. The van der Waals surface area contributed by atoms with Crippen molar-refractivity contribution in [1.82, 2.24) is 0 Å². The summed E-state index contributed by atoms with van der Waals surface area (Å²) >= 11 is 0. The van der Waals surface area contributed by atoms with Crippen LogP contribution < -0.4 is 25.5 Å². The van der Waals surface area contributed by atoms with Gasteiger partial charge in [-0.15, -0.1) is 5.10 Å². The second kappa shape index (κ2) is 7.87. The molecule has 5 N–H and O–H groups in total. The van der Waals surface area contributed by atoms with Crippen molar-refractivity contribution in [2.45, 2.75) is 18.7 Å². The van der Waals surface area contributed by atoms with Crippen molar-refractivity contribution >= 4 is 22.3 Å². The Balaban J connectivity index is 2.35. The number of benzene rings is 2. The second-order valence-corrected chi connectivity index (χ2v) is 7.04. The minimum absolute atomic E-state index is 0.0763. The molecule has 0 aliphatic heterocycles. The van der Waals surface area contributed by atoms with E-state index in [1.807, 2.05) is 13.0 Å². The zero-order valence-corrected chi connectivity index (χ0v) is 15.5. The molecule has 0 radical (unpaired) electrons. The van der Waals surface area contributed by atoms with Crippen molar-refractivity contribution in [1.29, 1.82) is 0 Å². The Morgan fingerprint density at radius 3 is 2.50 bits per heavy atom. The van der Waals surface area contributed by atoms with Gasteiger partial charge in [-0.3, -0.25) is 0 Å². The SMILES string of the molecule is COc1cc(/C=[NH+]\N=C(N)N)ccc1OS(=O)(=O)c1cc(C)ccc1C. The lowest BCUT2D eigenvalue weighted by Crippen LogP contribution is -2.63. The first kappa shape index (κ1) is 19.3. The monoisotopic (exact) mass is 377 g/mol. The lowest BCUT2D eigenvalue weighted by Gasteiger charge is -2.12. The van der Waals surface area contributed by atoms with Crippen molar-refractivity contribution < 1.29 is 22.4 Å². The summed E-state index contributed by atoms with van der Waals surface area (Å²) in [5, 5.41) is 6.17. The molecular weight excluding hydrogens is 356 g/mol. The topological polar surface area (TPSA) is 131 Å². The molecule has 8 nitrogen and oxygen atoms in total. The maximum Gasteiger partial charge on any atom is 0.339 e. The van der Waals surface area contributed by atoms with Gasteiger partial charge in [0.1, 0.15) is 4.90 Å². The molecule has 9 heteroatoms. The summed E-state index contributed by atoms with van der Waals surface area (Å²) in [5.74, 6) is 0.208. The summed E-state index contributed by atoms with van der Waals surface area (Å²) in [4.78, 5) is 0.115. The molecule has 2 aromatic carbocycles. The molecule has 26 heavy (non-hydrogen) atoms. The van der Waals surface area contributed by atoms with E-state index in [1.54, 1.807) is 31.2 Å². The van der Waals surface area contributed by atoms with Crippen molar-refractivity contribution in [3.63, 3.8) is 0 Å². The second-order valence-electron chi connectivity index (χ2n) is 5.53. The molecule has 0 saturated heterocycles. The van der Waals surface area contributed by atoms with Gasteiger partial charge >= 0.3 is 10.1 Å². The number of nitrogens with one attached hydrogen (secondary N) is 1. The van der Waals surface area contributed by atoms with Gasteiger partial charge in [0.05, 0.1) is 7.11 Å². The zero-order valence-electron chi connectivity index (χ0n) is 14.7. The van der Waals surface area contributed by atoms with E-state index in [0.29, 0.717) is 11.1 Å². The number of hydrogen-bond acceptors (Lipinski definition) is 5. The van der Waals surface area contributed by atoms with Crippen LogP contribution in [-0.4, -0.2) is 27.7 Å². The third-order valence-corrected chi connectivity index (χ3v) is 4.80. The van der Waals surface area contributed by atoms with Crippen LogP contribution in [0.2, 0.25) is 0 Å². The Morgan fingerprint density at radius 2 is 1.85 bits per heavy atom. The van der Waals surface area contributed by atoms with Crippen LogP contribution in [0.4, 0.5) is 0 Å². The molecule has 138 valence electrons. The van der Waals surface area contributed by atoms with Gasteiger partial charge in [0, 0.05) is 10.7 Å². The average molecular weight is 377 g/mol. The van der Waals surface area contributed by atoms with Crippen molar-refractivity contribution in [2.75, 3.05) is 7.11 Å². The predicted molar refractivity (Wildman–Crippen MR) is 98.7 cm³/mol. The Morgan fingerprint density at radius 1 is 1.12 bits per heavy atom. The van der Waals surface area contributed by atoms with Gasteiger partial charge in [-0.05, 0) is 49.2 Å². The molecule has 0 fully saturated rings. The van der Waals surface area contributed by atoms with Crippen LogP contribution in [0.3, 0.4) is 0 Å². The number of methoxy groups -OCH3 is 1. The highest BCUT2D eigenvalue weighted by atomic mass is 32.2. The molecule has 0 heterocycles. The number of guanidine groups is 1. The van der Waals surface area contributed by atoms with E-state index in [4.69, 9.17) is 20.4 Å². The Bertz CT molecular complexity index is 965. The van der Waals surface area contributed by atoms with Gasteiger partial charge in [-0.25, -0.2) is 0 Å². The fraction of sp³-hybridized carbons (Fsp3) is 0.176. The minimum atomic E-state index is -4.00. The van der Waals surface area contributed by atoms with Crippen molar-refractivity contribution in [2.24, 2.45) is 16.6 Å². The number of hydrogen-bond donors (Lipinski definition) is 3. The zero-order chi connectivity index (χ0) is 19.3. The molecule has 0 atom stereocenters. The lowest BCUT2D eigenvalue weighted by molar-refractivity contribution is -0.456. The average Bonchev–Trinajstić information content (AvgIpc) is 2.57. The molecular formula is C17H21N4O4S+. The van der Waals surface area contributed by atoms with E-state index >= 15 is 0 Å². The molecule has 0 bridgehead atoms. The van der Waals surface area contributed by atoms with E-state index in [-0.39, 0.29) is 22.4 Å². The van der Waals surface area contributed by atoms with Gasteiger partial charge in [-0.2, -0.15) is 8.42 Å². The van der Waals surface area contributed by atoms with Crippen LogP contribution in [0.1, 0.15) is 16.7 Å². The molecule has 0 saturated carbocycles. The predicted octanol–water partition coefficient (Wildman–Crippen LogP) is -0.232. The number of aryl methyl sites for hydroxylation is 2. The van der Waals surface area contributed by atoms with E-state index in [0.717, 1.165) is 5.56 Å². The van der Waals surface area contributed by atoms with Gasteiger partial charge in [-0.1, -0.05) is 12.1 Å². The molecule has 0 amide bonds. The Hall–Kier alpha value is -3.07. The van der Waals surface area contributed by atoms with Crippen molar-refractivity contribution in [3.05, 3.63) is 53.1 Å². The highest BCUT2D eigenvalue weighted by Crippen LogP contribution is 2.31. The van der Waals surface area contributed by atoms with Crippen LogP contribution >= 0.6 is 0 Å². The van der Waals surface area contributed by atoms with Crippen LogP contribution in [0.15, 0.2) is 46.4 Å². The van der Waals surface area contributed by atoms with Crippen LogP contribution in [0.25, 0.3) is 0 Å². The number of hydrazone groups is 1. The number of nitrogens with zero attached hydrogens (tertiary/aromatic N) is 1. The fourth-order valence-electron chi connectivity index (χ4n) is 2.16. The largest absolute Gasteiger partial charge is 0.493 e. The first-order valence-electron chi connectivity index (χ1n) is 7.60. The fourth-order valence-corrected chi connectivity index (χ4v) is 3.42. The summed E-state index contributed by atoms with van der Waals surface area (Å²) in [6.07, 6.45) is 1.52. The molecule has 0 spiro atoms. The molecule has 2 rings (SSSR count). The lowest BCUT2D eigenvalue weighted by atomic mass is 10.2. The normalized spacial score (nSPS) is 11.3. The summed E-state index contributed by atoms with van der Waals surface area (Å²) < 4.78 is 35.8. The van der Waals surface area contributed by atoms with Crippen LogP contribution in [-0.2, 0) is 10.1 Å². The number of nitrogens with two attached hydrogens (primary N) is 2. The first-order chi connectivity index (χ1) is 12.2. The van der Waals surface area contributed by atoms with Crippen LogP contribution in [0.5, 0.6) is 11.5 Å². The molecule has 0 aliphatic carbocycles. The summed E-state index contributed by atoms with van der Waals surface area (Å²) in [7, 11) is -2.58. The number of ether oxygens (including phenoxy) is 1. The van der Waals surface area contributed by atoms with E-state index in [1.165, 1.54) is 19.4 Å². The molecule has 0 aromatic heterocycles. The summed E-state index contributed by atoms with van der Waals surface area (Å²) in [6, 6.07) is 9.84. The highest BCUT2D eigenvalue weighted by molar-refractivity contribution is 7.87. The summed E-state index contributed by atoms with van der Waals surface area (Å²) in [6.45, 7) is 3.52. The van der Waals surface area contributed by atoms with Crippen LogP contribution in [0, 0.1) is 13.8 Å². The standard InChI is InChI=1S/C17H20N4O4S/c1-11-4-5-12(2)16(8-11)26(22,23)25-14-7-6-13(9-15(14)24-3)10-20-21-17(18)19/h4-10H,1-3H3,(H4,18,19,21)/p+1/b20-10-. The maximum absolute atomic E-state index is 12.6. The van der Waals surface area contributed by atoms with Gasteiger partial charge in [0.25, 0.3) is 5.96 Å². The molecule has 0 aliphatic rings. The van der Waals surface area contributed by atoms with E-state index in [9.17, 15) is 8.42 Å². The number of rotatable bonds is 6. The van der Waals surface area contributed by atoms with Gasteiger partial charge < -0.3 is 20.4 Å². The first-order valence-corrected chi connectivity index (χ1v) is 9.01. The minimum Gasteiger partial charge on any atom is -0.493 e. The van der Waals surface area contributed by atoms with E-state index < -0.39 is 10.1 Å². The Labute approximate surface area is 152 Å². The van der Waals surface area contributed by atoms with E-state index in [2.05, 4.69) is 10.2 Å². The summed E-state index contributed by atoms with van der Waals surface area (Å²) in [5.41, 5.74) is 12.5. The maximum atomic E-state index is 12.6. The van der Waals surface area contributed by atoms with Crippen molar-refractivity contribution in [3.8, 4) is 11.5 Å². The third-order valence-electron chi connectivity index (χ3n) is 3.43. The third kappa shape index (κ3) is 4.73. The Kier molecular flexibility index (Phi) is 5.83. The van der Waals surface area contributed by atoms with Gasteiger partial charge in [0.2, 0.25) is 6.21 Å². The van der Waals surface area contributed by atoms with Gasteiger partial charge in [0.15, 0.2) is 11.5 Å². The smallest absolute Gasteiger partial charge is 0.339 e. The molecule has 2 aromatic rings. The molecule has 0 unspecified atom stereocenters.